The van der Waals surface area contributed by atoms with E-state index in [9.17, 15) is 9.59 Å². The lowest BCUT2D eigenvalue weighted by Crippen LogP contribution is -2.40. The average molecular weight is 1000 g/mol. The number of aromatic amines is 1. The number of aromatic nitrogens is 10. The molecule has 8 aromatic rings. The maximum atomic E-state index is 13.5. The number of imidazole rings is 2. The van der Waals surface area contributed by atoms with Gasteiger partial charge in [-0.1, -0.05) is 24.3 Å². The van der Waals surface area contributed by atoms with Crippen LogP contribution in [0.25, 0.3) is 44.1 Å². The van der Waals surface area contributed by atoms with Crippen molar-refractivity contribution in [3.05, 3.63) is 97.4 Å². The summed E-state index contributed by atoms with van der Waals surface area (Å²) in [6.07, 6.45) is 13.2. The first-order chi connectivity index (χ1) is 36.2. The van der Waals surface area contributed by atoms with E-state index in [2.05, 4.69) is 64.2 Å². The number of hydrogen-bond donors (Lipinski definition) is 3. The third kappa shape index (κ3) is 10.6. The van der Waals surface area contributed by atoms with Crippen molar-refractivity contribution in [2.24, 2.45) is 5.92 Å². The normalized spacial score (nSPS) is 19.2. The molecule has 6 aromatic heterocycles. The molecule has 20 heteroatoms. The van der Waals surface area contributed by atoms with Gasteiger partial charge < -0.3 is 48.9 Å². The summed E-state index contributed by atoms with van der Waals surface area (Å²) in [6.45, 7) is 10.5. The Morgan fingerprint density at radius 1 is 0.743 bits per heavy atom. The number of rotatable bonds is 21. The van der Waals surface area contributed by atoms with Gasteiger partial charge in [0.25, 0.3) is 11.8 Å². The number of anilines is 2. The fourth-order valence-electron chi connectivity index (χ4n) is 10.5. The van der Waals surface area contributed by atoms with Gasteiger partial charge in [-0.2, -0.15) is 0 Å². The van der Waals surface area contributed by atoms with Gasteiger partial charge >= 0.3 is 0 Å². The number of benzene rings is 2. The molecule has 1 unspecified atom stereocenters. The number of amides is 2. The Bertz CT molecular complexity index is 3270. The van der Waals surface area contributed by atoms with Gasteiger partial charge in [0.05, 0.1) is 60.6 Å². The Labute approximate surface area is 428 Å². The molecule has 0 radical (unpaired) electrons. The van der Waals surface area contributed by atoms with E-state index >= 15 is 0 Å². The maximum Gasteiger partial charge on any atom is 0.270 e. The number of hydrogen-bond acceptors (Lipinski definition) is 16. The minimum Gasteiger partial charge on any atom is -0.491 e. The summed E-state index contributed by atoms with van der Waals surface area (Å²) in [5.41, 5.74) is 4.88. The van der Waals surface area contributed by atoms with Crippen LogP contribution in [0, 0.1) is 5.92 Å². The third-order valence-corrected chi connectivity index (χ3v) is 14.2. The molecule has 3 aliphatic rings. The van der Waals surface area contributed by atoms with Crippen LogP contribution in [0.15, 0.2) is 86.0 Å². The zero-order valence-corrected chi connectivity index (χ0v) is 42.0. The molecule has 0 spiro atoms. The zero-order valence-electron chi connectivity index (χ0n) is 42.0. The van der Waals surface area contributed by atoms with E-state index in [1.165, 1.54) is 0 Å². The smallest absolute Gasteiger partial charge is 0.270 e. The molecular formula is C54H62N14O6. The molecule has 74 heavy (non-hydrogen) atoms. The second kappa shape index (κ2) is 21.9. The van der Waals surface area contributed by atoms with Crippen LogP contribution in [0.5, 0.6) is 11.5 Å². The second-order valence-corrected chi connectivity index (χ2v) is 19.9. The van der Waals surface area contributed by atoms with Gasteiger partial charge in [0.1, 0.15) is 54.3 Å². The van der Waals surface area contributed by atoms with Crippen LogP contribution in [0.2, 0.25) is 0 Å². The van der Waals surface area contributed by atoms with Crippen molar-refractivity contribution in [2.75, 3.05) is 55.8 Å². The summed E-state index contributed by atoms with van der Waals surface area (Å²) in [7, 11) is 0. The summed E-state index contributed by atoms with van der Waals surface area (Å²) in [5, 5.41) is 7.81. The van der Waals surface area contributed by atoms with Gasteiger partial charge in [-0.05, 0) is 95.9 Å². The average Bonchev–Trinajstić information content (AvgIpc) is 4.26. The van der Waals surface area contributed by atoms with E-state index in [-0.39, 0.29) is 47.9 Å². The van der Waals surface area contributed by atoms with Crippen molar-refractivity contribution in [1.29, 1.82) is 0 Å². The molecule has 20 nitrogen and oxygen atoms in total. The Kier molecular flexibility index (Phi) is 14.4. The van der Waals surface area contributed by atoms with Crippen molar-refractivity contribution in [1.82, 2.24) is 60.1 Å². The molecule has 2 aliphatic heterocycles. The Morgan fingerprint density at radius 3 is 2.03 bits per heavy atom. The number of nitrogens with zero attached hydrogens (tertiary/aromatic N) is 11. The lowest BCUT2D eigenvalue weighted by Gasteiger charge is -2.36. The SMILES string of the molecule is CC(C)OC1CC(CNC(=O)c2cc(OC[C@H]3CCCN3c3ncnc4c3ncn4CC(C)OCCCNC(=O)c3cc(OC[C@H]4CCCN4c4ncnc5[nH]cnc45)c4ccccc4n3)c3ccccc3n2)C1. The van der Waals surface area contributed by atoms with Gasteiger partial charge in [0.2, 0.25) is 0 Å². The predicted molar refractivity (Wildman–Crippen MR) is 280 cm³/mol. The van der Waals surface area contributed by atoms with Gasteiger partial charge in [0.15, 0.2) is 28.4 Å². The van der Waals surface area contributed by atoms with Crippen LogP contribution in [0.4, 0.5) is 11.6 Å². The molecule has 1 aliphatic carbocycles. The van der Waals surface area contributed by atoms with Crippen LogP contribution in [0.1, 0.15) is 86.7 Å². The highest BCUT2D eigenvalue weighted by atomic mass is 16.5. The van der Waals surface area contributed by atoms with E-state index in [0.29, 0.717) is 91.2 Å². The number of ether oxygens (including phenoxy) is 4. The number of carbonyl (C=O) groups excluding carboxylic acids is 2. The van der Waals surface area contributed by atoms with Crippen molar-refractivity contribution < 1.29 is 28.5 Å². The summed E-state index contributed by atoms with van der Waals surface area (Å²) in [4.78, 5) is 71.4. The lowest BCUT2D eigenvalue weighted by molar-refractivity contribution is -0.0608. The van der Waals surface area contributed by atoms with Crippen molar-refractivity contribution in [3.8, 4) is 11.5 Å². The first kappa shape index (κ1) is 48.7. The quantitative estimate of drug-likeness (QED) is 0.0626. The number of fused-ring (bicyclic) bond motifs is 4. The molecule has 384 valence electrons. The number of carbonyl (C=O) groups is 2. The highest BCUT2D eigenvalue weighted by molar-refractivity contribution is 5.98. The van der Waals surface area contributed by atoms with Crippen LogP contribution < -0.4 is 29.9 Å². The molecule has 11 rings (SSSR count). The van der Waals surface area contributed by atoms with Crippen LogP contribution >= 0.6 is 0 Å². The van der Waals surface area contributed by atoms with Gasteiger partial charge in [-0.3, -0.25) is 9.59 Å². The summed E-state index contributed by atoms with van der Waals surface area (Å²) in [5.74, 6) is 2.68. The molecule has 3 atom stereocenters. The van der Waals surface area contributed by atoms with E-state index < -0.39 is 0 Å². The molecule has 2 saturated heterocycles. The molecule has 2 aromatic carbocycles. The molecule has 8 heterocycles. The maximum absolute atomic E-state index is 13.5. The fraction of sp³-hybridized carbons (Fsp3) is 0.444. The number of nitrogens with one attached hydrogen (secondary N) is 3. The van der Waals surface area contributed by atoms with Gasteiger partial charge in [0, 0.05) is 55.7 Å². The molecule has 3 N–H and O–H groups in total. The van der Waals surface area contributed by atoms with Crippen molar-refractivity contribution >= 4 is 67.6 Å². The minimum absolute atomic E-state index is 0.0247. The number of para-hydroxylation sites is 2. The summed E-state index contributed by atoms with van der Waals surface area (Å²) >= 11 is 0. The van der Waals surface area contributed by atoms with Gasteiger partial charge in [-0.15, -0.1) is 0 Å². The Balaban J connectivity index is 0.666. The Morgan fingerprint density at radius 2 is 1.36 bits per heavy atom. The van der Waals surface area contributed by atoms with Crippen LogP contribution in [-0.2, 0) is 16.0 Å². The second-order valence-electron chi connectivity index (χ2n) is 19.9. The van der Waals surface area contributed by atoms with E-state index in [0.717, 1.165) is 85.2 Å². The highest BCUT2D eigenvalue weighted by Crippen LogP contribution is 2.34. The van der Waals surface area contributed by atoms with Crippen molar-refractivity contribution in [2.45, 2.75) is 103 Å². The summed E-state index contributed by atoms with van der Waals surface area (Å²) < 4.78 is 27.2. The molecular weight excluding hydrogens is 941 g/mol. The Hall–Kier alpha value is -7.58. The molecule has 1 saturated carbocycles. The van der Waals surface area contributed by atoms with E-state index in [1.54, 1.807) is 37.4 Å². The van der Waals surface area contributed by atoms with Crippen LogP contribution in [0.3, 0.4) is 0 Å². The predicted octanol–water partition coefficient (Wildman–Crippen LogP) is 6.84. The van der Waals surface area contributed by atoms with E-state index in [1.807, 2.05) is 60.0 Å². The lowest BCUT2D eigenvalue weighted by atomic mass is 9.82. The van der Waals surface area contributed by atoms with Gasteiger partial charge in [-0.25, -0.2) is 39.9 Å². The largest absolute Gasteiger partial charge is 0.491 e. The minimum atomic E-state index is -0.282. The molecule has 0 bridgehead atoms. The summed E-state index contributed by atoms with van der Waals surface area (Å²) in [6, 6.07) is 19.0. The molecule has 3 fully saturated rings. The third-order valence-electron chi connectivity index (χ3n) is 14.2. The van der Waals surface area contributed by atoms with E-state index in [4.69, 9.17) is 33.9 Å². The number of pyridine rings is 2. The van der Waals surface area contributed by atoms with Crippen LogP contribution in [-0.4, -0.2) is 138 Å². The fourth-order valence-corrected chi connectivity index (χ4v) is 10.5. The standard InChI is InChI=1S/C54H62N14O6/c1-33(2)74-38-21-35(22-38)25-56-54(70)44-24-46(40-14-5-7-16-42(40)65-44)73-28-37-12-9-19-68(37)52-48-50(60-31-62-52)66(32-63-48)26-34(3)71-20-10-17-55-53(69)43-23-45(39-13-4-6-15-41(39)64-43)72-27-36-11-8-18-67(36)51-47-49(58-29-57-47)59-30-61-51/h4-7,13-16,23-24,29-38H,8-12,17-22,25-28H2,1-3H3,(H,55,69)(H,56,70)(H,57,58,59,61)/t34?,35?,36-,37-,38?/m1/s1. The first-order valence-corrected chi connectivity index (χ1v) is 25.9. The van der Waals surface area contributed by atoms with Crippen molar-refractivity contribution in [3.63, 3.8) is 0 Å². The molecule has 2 amide bonds. The zero-order chi connectivity index (χ0) is 50.5. The number of H-pyrrole nitrogens is 1. The monoisotopic (exact) mass is 1000 g/mol. The first-order valence-electron chi connectivity index (χ1n) is 25.9. The topological polar surface area (TPSA) is 225 Å². The highest BCUT2D eigenvalue weighted by Gasteiger charge is 2.33.